The van der Waals surface area contributed by atoms with Crippen LogP contribution in [0.25, 0.3) is 0 Å². The molecule has 7 nitrogen and oxygen atoms in total. The number of hydrogen-bond acceptors (Lipinski definition) is 7. The van der Waals surface area contributed by atoms with Crippen molar-refractivity contribution in [3.05, 3.63) is 0 Å². The number of methoxy groups -OCH3 is 1. The quantitative estimate of drug-likeness (QED) is 0.739. The Balaban J connectivity index is 2.77. The normalized spacial score (nSPS) is 13.8. The van der Waals surface area contributed by atoms with Crippen molar-refractivity contribution in [2.45, 2.75) is 30.1 Å². The van der Waals surface area contributed by atoms with E-state index in [1.54, 1.807) is 0 Å². The fourth-order valence-electron chi connectivity index (χ4n) is 1.32. The van der Waals surface area contributed by atoms with E-state index in [2.05, 4.69) is 14.9 Å². The van der Waals surface area contributed by atoms with E-state index >= 15 is 0 Å². The molecule has 1 atom stereocenters. The van der Waals surface area contributed by atoms with Crippen LogP contribution in [-0.4, -0.2) is 38.4 Å². The predicted molar refractivity (Wildman–Crippen MR) is 65.2 cm³/mol. The smallest absolute Gasteiger partial charge is 0.270 e. The summed E-state index contributed by atoms with van der Waals surface area (Å²) in [6, 6.07) is -0.264. The number of nitrogen functional groups attached to an aromatic ring is 1. The van der Waals surface area contributed by atoms with Gasteiger partial charge in [0.15, 0.2) is 0 Å². The molecule has 0 saturated carbocycles. The summed E-state index contributed by atoms with van der Waals surface area (Å²) in [7, 11) is -2.12. The Labute approximate surface area is 104 Å². The lowest BCUT2D eigenvalue weighted by Crippen LogP contribution is -2.37. The molecule has 0 bridgehead atoms. The van der Waals surface area contributed by atoms with Crippen LogP contribution in [0.3, 0.4) is 0 Å². The van der Waals surface area contributed by atoms with E-state index in [1.807, 2.05) is 6.92 Å². The molecular weight excluding hydrogens is 264 g/mol. The largest absolute Gasteiger partial charge is 0.383 e. The third-order valence-electron chi connectivity index (χ3n) is 1.98. The van der Waals surface area contributed by atoms with Gasteiger partial charge in [-0.2, -0.15) is 0 Å². The molecule has 0 aromatic carbocycles. The van der Waals surface area contributed by atoms with E-state index in [0.29, 0.717) is 13.0 Å². The predicted octanol–water partition coefficient (Wildman–Crippen LogP) is 0.214. The molecule has 1 heterocycles. The zero-order chi connectivity index (χ0) is 12.9. The van der Waals surface area contributed by atoms with Gasteiger partial charge in [0.05, 0.1) is 6.61 Å². The maximum Gasteiger partial charge on any atom is 0.270 e. The van der Waals surface area contributed by atoms with Gasteiger partial charge in [0, 0.05) is 13.2 Å². The number of rotatable bonds is 7. The maximum atomic E-state index is 11.9. The number of hydrogen-bond donors (Lipinski definition) is 2. The molecule has 0 radical (unpaired) electrons. The molecule has 0 aliphatic rings. The number of nitrogens with one attached hydrogen (secondary N) is 1. The topological polar surface area (TPSA) is 107 Å². The van der Waals surface area contributed by atoms with Crippen molar-refractivity contribution in [2.75, 3.05) is 19.5 Å². The number of ether oxygens (including phenoxy) is 1. The highest BCUT2D eigenvalue weighted by Gasteiger charge is 2.23. The van der Waals surface area contributed by atoms with Crippen LogP contribution in [0.4, 0.5) is 5.13 Å². The Kier molecular flexibility index (Phi) is 5.25. The summed E-state index contributed by atoms with van der Waals surface area (Å²) >= 11 is 0.837. The Morgan fingerprint density at radius 1 is 1.53 bits per heavy atom. The van der Waals surface area contributed by atoms with Crippen molar-refractivity contribution in [3.8, 4) is 0 Å². The van der Waals surface area contributed by atoms with E-state index in [9.17, 15) is 8.42 Å². The summed E-state index contributed by atoms with van der Waals surface area (Å²) in [6.07, 6.45) is 1.55. The van der Waals surface area contributed by atoms with E-state index in [1.165, 1.54) is 7.11 Å². The van der Waals surface area contributed by atoms with Crippen LogP contribution >= 0.6 is 11.3 Å². The second-order valence-electron chi connectivity index (χ2n) is 3.47. The minimum absolute atomic E-state index is 0.118. The molecule has 0 aliphatic carbocycles. The van der Waals surface area contributed by atoms with Crippen LogP contribution in [-0.2, 0) is 14.8 Å². The third kappa shape index (κ3) is 4.19. The lowest BCUT2D eigenvalue weighted by atomic mass is 10.2. The maximum absolute atomic E-state index is 11.9. The van der Waals surface area contributed by atoms with Crippen LogP contribution < -0.4 is 10.5 Å². The van der Waals surface area contributed by atoms with Gasteiger partial charge in [0.2, 0.25) is 9.47 Å². The monoisotopic (exact) mass is 280 g/mol. The number of sulfonamides is 1. The van der Waals surface area contributed by atoms with Gasteiger partial charge < -0.3 is 10.5 Å². The molecule has 0 aliphatic heterocycles. The summed E-state index contributed by atoms with van der Waals surface area (Å²) in [6.45, 7) is 2.29. The first-order valence-corrected chi connectivity index (χ1v) is 7.39. The van der Waals surface area contributed by atoms with E-state index in [4.69, 9.17) is 10.5 Å². The molecule has 0 fully saturated rings. The highest BCUT2D eigenvalue weighted by atomic mass is 32.2. The number of nitrogens with two attached hydrogens (primary N) is 1. The Bertz CT molecular complexity index is 439. The van der Waals surface area contributed by atoms with Crippen molar-refractivity contribution in [3.63, 3.8) is 0 Å². The molecule has 1 aromatic heterocycles. The molecule has 1 unspecified atom stereocenters. The molecule has 0 saturated heterocycles. The van der Waals surface area contributed by atoms with Crippen molar-refractivity contribution in [1.82, 2.24) is 14.9 Å². The van der Waals surface area contributed by atoms with Crippen LogP contribution in [0.5, 0.6) is 0 Å². The first kappa shape index (κ1) is 14.3. The lowest BCUT2D eigenvalue weighted by Gasteiger charge is -2.15. The molecule has 9 heteroatoms. The van der Waals surface area contributed by atoms with Gasteiger partial charge in [-0.25, -0.2) is 13.1 Å². The van der Waals surface area contributed by atoms with E-state index < -0.39 is 10.0 Å². The number of anilines is 1. The first-order chi connectivity index (χ1) is 7.99. The summed E-state index contributed by atoms with van der Waals surface area (Å²) < 4.78 is 31.1. The van der Waals surface area contributed by atoms with E-state index in [0.717, 1.165) is 17.8 Å². The molecule has 3 N–H and O–H groups in total. The standard InChI is InChI=1S/C8H16N4O3S2/c1-3-4-6(5-15-2)12-17(13,14)8-11-10-7(9)16-8/h6,12H,3-5H2,1-2H3,(H2,9,10). The zero-order valence-corrected chi connectivity index (χ0v) is 11.3. The summed E-state index contributed by atoms with van der Waals surface area (Å²) in [5.41, 5.74) is 5.35. The van der Waals surface area contributed by atoms with Crippen LogP contribution in [0.15, 0.2) is 4.34 Å². The number of aromatic nitrogens is 2. The molecule has 1 aromatic rings. The summed E-state index contributed by atoms with van der Waals surface area (Å²) in [5, 5.41) is 7.12. The molecular formula is C8H16N4O3S2. The molecule has 1 rings (SSSR count). The van der Waals surface area contributed by atoms with E-state index in [-0.39, 0.29) is 15.5 Å². The minimum atomic E-state index is -3.65. The van der Waals surface area contributed by atoms with Crippen molar-refractivity contribution in [1.29, 1.82) is 0 Å². The third-order valence-corrected chi connectivity index (χ3v) is 4.62. The summed E-state index contributed by atoms with van der Waals surface area (Å²) in [4.78, 5) is 0. The first-order valence-electron chi connectivity index (χ1n) is 5.09. The van der Waals surface area contributed by atoms with Crippen LogP contribution in [0.2, 0.25) is 0 Å². The van der Waals surface area contributed by atoms with Gasteiger partial charge in [-0.3, -0.25) is 0 Å². The molecule has 0 spiro atoms. The highest BCUT2D eigenvalue weighted by Crippen LogP contribution is 2.17. The van der Waals surface area contributed by atoms with Crippen molar-refractivity contribution < 1.29 is 13.2 Å². The Hall–Kier alpha value is -0.770. The van der Waals surface area contributed by atoms with Crippen molar-refractivity contribution in [2.24, 2.45) is 0 Å². The molecule has 98 valence electrons. The fourth-order valence-corrected chi connectivity index (χ4v) is 3.38. The number of nitrogens with zero attached hydrogens (tertiary/aromatic N) is 2. The van der Waals surface area contributed by atoms with Gasteiger partial charge in [0.1, 0.15) is 0 Å². The van der Waals surface area contributed by atoms with Gasteiger partial charge in [-0.1, -0.05) is 24.7 Å². The van der Waals surface area contributed by atoms with Crippen LogP contribution in [0, 0.1) is 0 Å². The molecule has 17 heavy (non-hydrogen) atoms. The minimum Gasteiger partial charge on any atom is -0.383 e. The Morgan fingerprint density at radius 3 is 2.71 bits per heavy atom. The second kappa shape index (κ2) is 6.24. The van der Waals surface area contributed by atoms with Crippen molar-refractivity contribution >= 4 is 26.5 Å². The highest BCUT2D eigenvalue weighted by molar-refractivity contribution is 7.91. The fraction of sp³-hybridized carbons (Fsp3) is 0.750. The summed E-state index contributed by atoms with van der Waals surface area (Å²) in [5.74, 6) is 0. The average Bonchev–Trinajstić information content (AvgIpc) is 2.66. The van der Waals surface area contributed by atoms with Gasteiger partial charge in [-0.15, -0.1) is 10.2 Å². The van der Waals surface area contributed by atoms with Gasteiger partial charge in [-0.05, 0) is 6.42 Å². The Morgan fingerprint density at radius 2 is 2.24 bits per heavy atom. The average molecular weight is 280 g/mol. The van der Waals surface area contributed by atoms with Crippen LogP contribution in [0.1, 0.15) is 19.8 Å². The van der Waals surface area contributed by atoms with Gasteiger partial charge in [0.25, 0.3) is 10.0 Å². The zero-order valence-electron chi connectivity index (χ0n) is 9.71. The van der Waals surface area contributed by atoms with Gasteiger partial charge >= 0.3 is 0 Å². The SMILES string of the molecule is CCCC(COC)NS(=O)(=O)c1nnc(N)s1. The molecule has 0 amide bonds. The lowest BCUT2D eigenvalue weighted by molar-refractivity contribution is 0.171. The second-order valence-corrected chi connectivity index (χ2v) is 6.37.